The summed E-state index contributed by atoms with van der Waals surface area (Å²) in [5, 5.41) is 12.2. The highest BCUT2D eigenvalue weighted by Gasteiger charge is 2.24. The molecule has 0 saturated heterocycles. The second-order valence-corrected chi connectivity index (χ2v) is 9.28. The first-order chi connectivity index (χ1) is 18.8. The molecule has 0 aromatic heterocycles. The van der Waals surface area contributed by atoms with Crippen LogP contribution < -0.4 is 5.73 Å². The number of carbonyl (C=O) groups is 2. The van der Waals surface area contributed by atoms with Gasteiger partial charge in [-0.3, -0.25) is 19.7 Å². The highest BCUT2D eigenvalue weighted by Crippen LogP contribution is 2.34. The van der Waals surface area contributed by atoms with Gasteiger partial charge < -0.3 is 10.5 Å². The summed E-state index contributed by atoms with van der Waals surface area (Å²) in [5.74, 6) is -0.372. The van der Waals surface area contributed by atoms with E-state index in [1.807, 2.05) is 43.3 Å². The van der Waals surface area contributed by atoms with Crippen LogP contribution in [0.25, 0.3) is 17.2 Å². The zero-order chi connectivity index (χ0) is 27.5. The Bertz CT molecular complexity index is 1530. The van der Waals surface area contributed by atoms with E-state index >= 15 is 0 Å². The molecule has 0 saturated carbocycles. The van der Waals surface area contributed by atoms with E-state index in [-0.39, 0.29) is 43.0 Å². The molecule has 0 atom stereocenters. The number of benzene rings is 3. The number of amidine groups is 1. The molecule has 2 N–H and O–H groups in total. The van der Waals surface area contributed by atoms with Gasteiger partial charge in [-0.25, -0.2) is 14.9 Å². The monoisotopic (exact) mass is 526 g/mol. The van der Waals surface area contributed by atoms with Crippen molar-refractivity contribution in [2.75, 3.05) is 6.54 Å². The molecule has 1 amide bonds. The molecule has 2 aliphatic heterocycles. The van der Waals surface area contributed by atoms with E-state index in [0.717, 1.165) is 22.3 Å². The molecular weight excluding hydrogens is 500 g/mol. The Morgan fingerprint density at radius 3 is 2.62 bits per heavy atom. The van der Waals surface area contributed by atoms with E-state index in [2.05, 4.69) is 4.99 Å². The Kier molecular flexibility index (Phi) is 7.20. The SMILES string of the molecule is CCCN(OCc1ccc([N+](=O)[O-])cc1)C(=O)C1=Cc2ccc(-c3ccc4c(c3)C(=O)OC4)cc2N=C(N)C1. The van der Waals surface area contributed by atoms with Crippen LogP contribution >= 0.6 is 0 Å². The van der Waals surface area contributed by atoms with Gasteiger partial charge in [0, 0.05) is 41.8 Å². The quantitative estimate of drug-likeness (QED) is 0.245. The van der Waals surface area contributed by atoms with Gasteiger partial charge in [-0.2, -0.15) is 0 Å². The minimum atomic E-state index is -0.468. The second kappa shape index (κ2) is 10.9. The van der Waals surface area contributed by atoms with Crippen LogP contribution in [0, 0.1) is 10.1 Å². The number of nitrogens with zero attached hydrogens (tertiary/aromatic N) is 3. The van der Waals surface area contributed by atoms with E-state index in [1.54, 1.807) is 18.2 Å². The molecule has 10 heteroatoms. The molecule has 0 spiro atoms. The predicted octanol–water partition coefficient (Wildman–Crippen LogP) is 5.08. The number of aliphatic imine (C=N–C) groups is 1. The van der Waals surface area contributed by atoms with Gasteiger partial charge in [0.2, 0.25) is 0 Å². The van der Waals surface area contributed by atoms with Gasteiger partial charge in [0.15, 0.2) is 0 Å². The average molecular weight is 527 g/mol. The number of cyclic esters (lactones) is 1. The van der Waals surface area contributed by atoms with Crippen LogP contribution in [0.5, 0.6) is 0 Å². The lowest BCUT2D eigenvalue weighted by Gasteiger charge is -2.22. The van der Waals surface area contributed by atoms with Crippen LogP contribution in [0.3, 0.4) is 0 Å². The summed E-state index contributed by atoms with van der Waals surface area (Å²) in [6.07, 6.45) is 2.58. The molecule has 0 bridgehead atoms. The molecule has 0 radical (unpaired) electrons. The fourth-order valence-corrected chi connectivity index (χ4v) is 4.45. The Morgan fingerprint density at radius 2 is 1.87 bits per heavy atom. The Morgan fingerprint density at radius 1 is 1.13 bits per heavy atom. The number of nitro benzene ring substituents is 1. The van der Waals surface area contributed by atoms with Crippen molar-refractivity contribution in [1.29, 1.82) is 0 Å². The lowest BCUT2D eigenvalue weighted by Crippen LogP contribution is -2.34. The molecule has 39 heavy (non-hydrogen) atoms. The highest BCUT2D eigenvalue weighted by molar-refractivity contribution is 6.05. The van der Waals surface area contributed by atoms with Gasteiger partial charge in [0.1, 0.15) is 19.0 Å². The minimum absolute atomic E-state index is 0.0147. The number of nitrogens with two attached hydrogens (primary N) is 1. The van der Waals surface area contributed by atoms with Gasteiger partial charge in [-0.15, -0.1) is 0 Å². The number of hydroxylamine groups is 2. The molecule has 0 fully saturated rings. The summed E-state index contributed by atoms with van der Waals surface area (Å²) in [4.78, 5) is 46.3. The van der Waals surface area contributed by atoms with Crippen molar-refractivity contribution in [1.82, 2.24) is 5.06 Å². The van der Waals surface area contributed by atoms with Gasteiger partial charge in [0.05, 0.1) is 16.2 Å². The molecule has 0 unspecified atom stereocenters. The molecule has 2 heterocycles. The van der Waals surface area contributed by atoms with Gasteiger partial charge >= 0.3 is 5.97 Å². The molecule has 5 rings (SSSR count). The average Bonchev–Trinajstić information content (AvgIpc) is 3.21. The summed E-state index contributed by atoms with van der Waals surface area (Å²) in [6, 6.07) is 17.3. The third-order valence-electron chi connectivity index (χ3n) is 6.48. The second-order valence-electron chi connectivity index (χ2n) is 9.28. The van der Waals surface area contributed by atoms with Crippen LogP contribution in [-0.4, -0.2) is 34.2 Å². The van der Waals surface area contributed by atoms with Gasteiger partial charge in [0.25, 0.3) is 11.6 Å². The molecule has 2 aliphatic rings. The highest BCUT2D eigenvalue weighted by atomic mass is 16.7. The maximum atomic E-state index is 13.5. The van der Waals surface area contributed by atoms with Crippen molar-refractivity contribution in [3.63, 3.8) is 0 Å². The summed E-state index contributed by atoms with van der Waals surface area (Å²) in [6.45, 7) is 2.65. The molecule has 3 aromatic rings. The van der Waals surface area contributed by atoms with Gasteiger partial charge in [-0.05, 0) is 53.5 Å². The van der Waals surface area contributed by atoms with Crippen LogP contribution in [-0.2, 0) is 27.6 Å². The molecule has 198 valence electrons. The topological polar surface area (TPSA) is 137 Å². The first-order valence-corrected chi connectivity index (χ1v) is 12.5. The largest absolute Gasteiger partial charge is 0.457 e. The zero-order valence-electron chi connectivity index (χ0n) is 21.3. The number of nitro groups is 1. The standard InChI is InChI=1S/C29H26N4O6/c1-2-11-32(39-16-18-3-9-24(10-4-18)33(36)37)28(34)23-12-21-7-5-20(14-26(21)31-27(30)15-23)19-6-8-22-17-38-29(35)25(22)13-19/h3-10,12-14H,2,11,15-17H2,1H3,(H2,30,31). The number of hydrogen-bond acceptors (Lipinski definition) is 8. The van der Waals surface area contributed by atoms with Crippen molar-refractivity contribution in [2.45, 2.75) is 33.0 Å². The van der Waals surface area contributed by atoms with Crippen LogP contribution in [0.15, 0.2) is 71.2 Å². The molecule has 10 nitrogen and oxygen atoms in total. The van der Waals surface area contributed by atoms with Gasteiger partial charge in [-0.1, -0.05) is 31.2 Å². The maximum Gasteiger partial charge on any atom is 0.338 e. The Labute approximate surface area is 224 Å². The number of fused-ring (bicyclic) bond motifs is 2. The maximum absolute atomic E-state index is 13.5. The summed E-state index contributed by atoms with van der Waals surface area (Å²) in [7, 11) is 0. The van der Waals surface area contributed by atoms with Crippen molar-refractivity contribution in [3.05, 3.63) is 98.6 Å². The van der Waals surface area contributed by atoms with E-state index in [4.69, 9.17) is 15.3 Å². The first-order valence-electron chi connectivity index (χ1n) is 12.5. The molecule has 0 aliphatic carbocycles. The third-order valence-corrected chi connectivity index (χ3v) is 6.48. The fourth-order valence-electron chi connectivity index (χ4n) is 4.45. The van der Waals surface area contributed by atoms with Crippen LogP contribution in [0.4, 0.5) is 11.4 Å². The summed E-state index contributed by atoms with van der Waals surface area (Å²) >= 11 is 0. The predicted molar refractivity (Wildman–Crippen MR) is 145 cm³/mol. The number of carbonyl (C=O) groups excluding carboxylic acids is 2. The fraction of sp³-hybridized carbons (Fsp3) is 0.207. The van der Waals surface area contributed by atoms with Crippen molar-refractivity contribution in [3.8, 4) is 11.1 Å². The summed E-state index contributed by atoms with van der Waals surface area (Å²) < 4.78 is 5.11. The normalized spacial score (nSPS) is 13.9. The number of hydrogen-bond donors (Lipinski definition) is 1. The minimum Gasteiger partial charge on any atom is -0.457 e. The van der Waals surface area contributed by atoms with E-state index in [0.29, 0.717) is 35.4 Å². The number of non-ortho nitro benzene ring substituents is 1. The molecule has 3 aromatic carbocycles. The van der Waals surface area contributed by atoms with Crippen molar-refractivity contribution in [2.24, 2.45) is 10.7 Å². The van der Waals surface area contributed by atoms with Crippen molar-refractivity contribution >= 4 is 35.2 Å². The van der Waals surface area contributed by atoms with Crippen LogP contribution in [0.1, 0.15) is 46.8 Å². The number of rotatable bonds is 8. The Balaban J connectivity index is 1.37. The number of amides is 1. The summed E-state index contributed by atoms with van der Waals surface area (Å²) in [5.41, 5.74) is 11.8. The van der Waals surface area contributed by atoms with E-state index < -0.39 is 4.92 Å². The smallest absolute Gasteiger partial charge is 0.338 e. The lowest BCUT2D eigenvalue weighted by molar-refractivity contribution is -0.384. The number of ether oxygens (including phenoxy) is 1. The van der Waals surface area contributed by atoms with E-state index in [1.165, 1.54) is 17.2 Å². The zero-order valence-corrected chi connectivity index (χ0v) is 21.3. The van der Waals surface area contributed by atoms with Crippen LogP contribution in [0.2, 0.25) is 0 Å². The number of esters is 1. The van der Waals surface area contributed by atoms with E-state index in [9.17, 15) is 19.7 Å². The lowest BCUT2D eigenvalue weighted by atomic mass is 9.98. The Hall–Kier alpha value is -4.83. The molecular formula is C29H26N4O6. The first kappa shape index (κ1) is 25.8. The van der Waals surface area contributed by atoms with Crippen molar-refractivity contribution < 1.29 is 24.1 Å². The third kappa shape index (κ3) is 5.55.